The third-order valence-corrected chi connectivity index (χ3v) is 3.52. The zero-order chi connectivity index (χ0) is 17.5. The van der Waals surface area contributed by atoms with Crippen molar-refractivity contribution in [3.63, 3.8) is 0 Å². The van der Waals surface area contributed by atoms with Crippen molar-refractivity contribution in [2.75, 3.05) is 6.61 Å². The summed E-state index contributed by atoms with van der Waals surface area (Å²) in [5.74, 6) is 5.95. The van der Waals surface area contributed by atoms with E-state index in [-0.39, 0.29) is 0 Å². The number of benzene rings is 1. The van der Waals surface area contributed by atoms with Crippen molar-refractivity contribution in [2.45, 2.75) is 31.8 Å². The van der Waals surface area contributed by atoms with Crippen molar-refractivity contribution < 1.29 is 19.5 Å². The third-order valence-electron chi connectivity index (χ3n) is 3.52. The van der Waals surface area contributed by atoms with Gasteiger partial charge in [0.1, 0.15) is 18.4 Å². The first-order valence-corrected chi connectivity index (χ1v) is 7.73. The van der Waals surface area contributed by atoms with Crippen LogP contribution in [0.2, 0.25) is 0 Å². The van der Waals surface area contributed by atoms with E-state index < -0.39 is 23.9 Å². The second-order valence-corrected chi connectivity index (χ2v) is 5.69. The third kappa shape index (κ3) is 5.26. The molecule has 0 saturated heterocycles. The summed E-state index contributed by atoms with van der Waals surface area (Å²) in [6.45, 7) is 1.87. The number of rotatable bonds is 6. The molecule has 5 N–H and O–H groups in total. The summed E-state index contributed by atoms with van der Waals surface area (Å²) in [7, 11) is 0. The first-order chi connectivity index (χ1) is 11.5. The Labute approximate surface area is 140 Å². The molecule has 7 nitrogen and oxygen atoms in total. The van der Waals surface area contributed by atoms with Crippen LogP contribution in [-0.4, -0.2) is 35.7 Å². The van der Waals surface area contributed by atoms with Crippen molar-refractivity contribution >= 4 is 11.8 Å². The quantitative estimate of drug-likeness (QED) is 0.343. The number of nitrogens with one attached hydrogen (secondary N) is 2. The number of ether oxygens (including phenoxy) is 1. The van der Waals surface area contributed by atoms with E-state index in [0.717, 1.165) is 0 Å². The van der Waals surface area contributed by atoms with Gasteiger partial charge in [0.05, 0.1) is 0 Å². The van der Waals surface area contributed by atoms with Crippen molar-refractivity contribution in [3.05, 3.63) is 29.8 Å². The van der Waals surface area contributed by atoms with Crippen LogP contribution in [0.5, 0.6) is 5.75 Å². The molecule has 1 fully saturated rings. The van der Waals surface area contributed by atoms with Gasteiger partial charge >= 0.3 is 0 Å². The number of hydroxylamine groups is 1. The highest BCUT2D eigenvalue weighted by molar-refractivity contribution is 5.97. The number of hydrogen-bond acceptors (Lipinski definition) is 5. The largest absolute Gasteiger partial charge is 0.481 e. The maximum Gasteiger partial charge on any atom is 0.267 e. The van der Waals surface area contributed by atoms with Gasteiger partial charge in [0, 0.05) is 17.5 Å². The number of carbonyl (C=O) groups is 2. The molecule has 0 bridgehead atoms. The smallest absolute Gasteiger partial charge is 0.267 e. The average molecular weight is 331 g/mol. The monoisotopic (exact) mass is 331 g/mol. The fraction of sp³-hybridized carbons (Fsp3) is 0.412. The highest BCUT2D eigenvalue weighted by Crippen LogP contribution is 2.27. The van der Waals surface area contributed by atoms with E-state index in [0.29, 0.717) is 23.8 Å². The molecule has 0 unspecified atom stereocenters. The summed E-state index contributed by atoms with van der Waals surface area (Å²) < 4.78 is 5.47. The predicted octanol–water partition coefficient (Wildman–Crippen LogP) is 0.430. The van der Waals surface area contributed by atoms with E-state index in [4.69, 9.17) is 15.7 Å². The van der Waals surface area contributed by atoms with Crippen molar-refractivity contribution in [1.29, 1.82) is 0 Å². The molecule has 1 aromatic rings. The van der Waals surface area contributed by atoms with Crippen LogP contribution in [0.3, 0.4) is 0 Å². The topological polar surface area (TPSA) is 114 Å². The first-order valence-electron chi connectivity index (χ1n) is 7.73. The summed E-state index contributed by atoms with van der Waals surface area (Å²) in [6.07, 6.45) is 2.35. The fourth-order valence-corrected chi connectivity index (χ4v) is 1.97. The summed E-state index contributed by atoms with van der Waals surface area (Å²) >= 11 is 0. The Balaban J connectivity index is 1.90. The van der Waals surface area contributed by atoms with Gasteiger partial charge in [0.25, 0.3) is 11.8 Å². The lowest BCUT2D eigenvalue weighted by Gasteiger charge is -2.20. The summed E-state index contributed by atoms with van der Waals surface area (Å²) in [6, 6.07) is 4.77. The molecule has 1 aliphatic carbocycles. The van der Waals surface area contributed by atoms with Crippen LogP contribution in [-0.2, 0) is 4.79 Å². The van der Waals surface area contributed by atoms with E-state index in [2.05, 4.69) is 17.2 Å². The second kappa shape index (κ2) is 8.34. The molecular weight excluding hydrogens is 310 g/mol. The van der Waals surface area contributed by atoms with E-state index in [1.54, 1.807) is 31.2 Å². The maximum absolute atomic E-state index is 12.1. The van der Waals surface area contributed by atoms with Crippen molar-refractivity contribution in [1.82, 2.24) is 10.8 Å². The van der Waals surface area contributed by atoms with Crippen LogP contribution in [0.15, 0.2) is 24.3 Å². The summed E-state index contributed by atoms with van der Waals surface area (Å²) in [4.78, 5) is 23.6. The van der Waals surface area contributed by atoms with Gasteiger partial charge in [-0.1, -0.05) is 11.8 Å². The highest BCUT2D eigenvalue weighted by Gasteiger charge is 2.24. The molecule has 24 heavy (non-hydrogen) atoms. The van der Waals surface area contributed by atoms with Gasteiger partial charge in [-0.25, -0.2) is 5.48 Å². The van der Waals surface area contributed by atoms with Gasteiger partial charge in [-0.15, -0.1) is 0 Å². The zero-order valence-electron chi connectivity index (χ0n) is 13.4. The van der Waals surface area contributed by atoms with E-state index in [1.165, 1.54) is 18.3 Å². The molecule has 0 aliphatic heterocycles. The molecule has 0 heterocycles. The highest BCUT2D eigenvalue weighted by atomic mass is 16.5. The summed E-state index contributed by atoms with van der Waals surface area (Å²) in [5.41, 5.74) is 7.47. The van der Waals surface area contributed by atoms with E-state index in [1.807, 2.05) is 0 Å². The number of amides is 2. The van der Waals surface area contributed by atoms with Crippen LogP contribution in [0.1, 0.15) is 30.1 Å². The zero-order valence-corrected chi connectivity index (χ0v) is 13.4. The van der Waals surface area contributed by atoms with Crippen LogP contribution >= 0.6 is 0 Å². The number of hydrogen-bond donors (Lipinski definition) is 4. The standard InChI is InChI=1S/C17H21N3O4/c1-11(18)15(17(22)20-23)19-16(21)13-6-8-14(9-7-13)24-10-2-3-12-4-5-12/h6-9,11-12,15,23H,4-5,10,18H2,1H3,(H,19,21)(H,20,22)/t11-,15+/m1/s1. The van der Waals surface area contributed by atoms with Gasteiger partial charge in [0.2, 0.25) is 0 Å². The average Bonchev–Trinajstić information content (AvgIpc) is 3.40. The lowest BCUT2D eigenvalue weighted by atomic mass is 10.1. The van der Waals surface area contributed by atoms with Gasteiger partial charge < -0.3 is 15.8 Å². The molecule has 0 radical (unpaired) electrons. The molecular formula is C17H21N3O4. The van der Waals surface area contributed by atoms with Crippen molar-refractivity contribution in [3.8, 4) is 17.6 Å². The normalized spacial score (nSPS) is 15.5. The Hall–Kier alpha value is -2.56. The van der Waals surface area contributed by atoms with Crippen LogP contribution in [0, 0.1) is 17.8 Å². The van der Waals surface area contributed by atoms with Gasteiger partial charge in [-0.2, -0.15) is 0 Å². The predicted molar refractivity (Wildman–Crippen MR) is 87.3 cm³/mol. The van der Waals surface area contributed by atoms with E-state index >= 15 is 0 Å². The maximum atomic E-state index is 12.1. The van der Waals surface area contributed by atoms with E-state index in [9.17, 15) is 9.59 Å². The lowest BCUT2D eigenvalue weighted by Crippen LogP contribution is -2.54. The molecule has 2 rings (SSSR count). The number of nitrogens with two attached hydrogens (primary N) is 1. The Morgan fingerprint density at radius 2 is 2.04 bits per heavy atom. The van der Waals surface area contributed by atoms with Gasteiger partial charge in [-0.05, 0) is 44.0 Å². The molecule has 2 amide bonds. The molecule has 2 atom stereocenters. The Kier molecular flexibility index (Phi) is 6.18. The van der Waals surface area contributed by atoms with Crippen molar-refractivity contribution in [2.24, 2.45) is 11.7 Å². The Bertz CT molecular complexity index is 642. The minimum Gasteiger partial charge on any atom is -0.481 e. The molecule has 0 spiro atoms. The SMILES string of the molecule is C[C@@H](N)[C@H](NC(=O)c1ccc(OCC#CC2CC2)cc1)C(=O)NO. The van der Waals surface area contributed by atoms with Crippen LogP contribution < -0.4 is 21.3 Å². The molecule has 0 aromatic heterocycles. The Morgan fingerprint density at radius 3 is 2.58 bits per heavy atom. The first kappa shape index (κ1) is 17.8. The fourth-order valence-electron chi connectivity index (χ4n) is 1.97. The minimum absolute atomic E-state index is 0.311. The van der Waals surface area contributed by atoms with Crippen LogP contribution in [0.25, 0.3) is 0 Å². The summed E-state index contributed by atoms with van der Waals surface area (Å²) in [5, 5.41) is 11.2. The Morgan fingerprint density at radius 1 is 1.38 bits per heavy atom. The molecule has 128 valence electrons. The number of carbonyl (C=O) groups excluding carboxylic acids is 2. The molecule has 7 heteroatoms. The van der Waals surface area contributed by atoms with Crippen LogP contribution in [0.4, 0.5) is 0 Å². The van der Waals surface area contributed by atoms with Gasteiger partial charge in [0.15, 0.2) is 0 Å². The minimum atomic E-state index is -1.03. The molecule has 1 saturated carbocycles. The second-order valence-electron chi connectivity index (χ2n) is 5.69. The molecule has 1 aromatic carbocycles. The van der Waals surface area contributed by atoms with Gasteiger partial charge in [-0.3, -0.25) is 14.8 Å². The lowest BCUT2D eigenvalue weighted by molar-refractivity contribution is -0.131. The molecule has 1 aliphatic rings.